The Morgan fingerprint density at radius 3 is 2.66 bits per heavy atom. The van der Waals surface area contributed by atoms with Crippen molar-refractivity contribution in [2.75, 3.05) is 27.4 Å². The van der Waals surface area contributed by atoms with E-state index in [0.29, 0.717) is 17.9 Å². The number of methoxy groups -OCH3 is 1. The number of nitrogens with zero attached hydrogens (tertiary/aromatic N) is 3. The van der Waals surface area contributed by atoms with Crippen LogP contribution in [0.3, 0.4) is 0 Å². The van der Waals surface area contributed by atoms with Crippen LogP contribution in [0.1, 0.15) is 42.1 Å². The van der Waals surface area contributed by atoms with Gasteiger partial charge in [0, 0.05) is 24.7 Å². The molecule has 10 heteroatoms. The number of carboxylic acid groups (broad SMARTS) is 1. The number of hydrogen-bond donors (Lipinski definition) is 1. The number of ether oxygens (including phenoxy) is 2. The standard InChI is InChI=1S/C19H23N3O5.Li.H2O/c1-21-17(23)10-27-11-19(21)5-3-13(4-6-19)22-9-12-7-14(18(24)25)16(26-2)8-15(12)20-22;;/h7-9,13H,3-6,10-11H2,1-2H3,(H,24,25);;1H2/q;+1;/p-1. The van der Waals surface area contributed by atoms with Crippen LogP contribution in [0.4, 0.5) is 0 Å². The topological polar surface area (TPSA) is 124 Å². The molecular formula is C19H24LiN3O6. The van der Waals surface area contributed by atoms with Crippen molar-refractivity contribution >= 4 is 22.8 Å². The van der Waals surface area contributed by atoms with Gasteiger partial charge in [-0.05, 0) is 31.7 Å². The van der Waals surface area contributed by atoms with Gasteiger partial charge >= 0.3 is 24.8 Å². The Morgan fingerprint density at radius 2 is 2.03 bits per heavy atom. The van der Waals surface area contributed by atoms with Gasteiger partial charge in [0.15, 0.2) is 0 Å². The first kappa shape index (κ1) is 23.2. The Bertz CT molecular complexity index is 907. The first-order chi connectivity index (χ1) is 12.9. The van der Waals surface area contributed by atoms with Crippen LogP contribution >= 0.6 is 0 Å². The normalized spacial score (nSPS) is 24.1. The van der Waals surface area contributed by atoms with Crippen molar-refractivity contribution in [1.82, 2.24) is 14.7 Å². The number of hydrogen-bond acceptors (Lipinski definition) is 6. The Labute approximate surface area is 180 Å². The van der Waals surface area contributed by atoms with Gasteiger partial charge in [0.25, 0.3) is 0 Å². The maximum Gasteiger partial charge on any atom is 1.00 e. The molecule has 0 radical (unpaired) electrons. The van der Waals surface area contributed by atoms with Crippen LogP contribution in [0.25, 0.3) is 10.9 Å². The molecule has 2 heterocycles. The number of aromatic nitrogens is 2. The van der Waals surface area contributed by atoms with E-state index in [9.17, 15) is 14.7 Å². The number of rotatable bonds is 3. The predicted octanol–water partition coefficient (Wildman–Crippen LogP) is -1.09. The van der Waals surface area contributed by atoms with E-state index in [-0.39, 0.29) is 54.0 Å². The van der Waals surface area contributed by atoms with Crippen LogP contribution in [0.15, 0.2) is 18.3 Å². The number of benzene rings is 1. The third kappa shape index (κ3) is 4.01. The molecule has 2 N–H and O–H groups in total. The molecule has 1 aliphatic carbocycles. The van der Waals surface area contributed by atoms with Gasteiger partial charge in [-0.3, -0.25) is 9.48 Å². The van der Waals surface area contributed by atoms with Crippen LogP contribution in [-0.4, -0.2) is 70.0 Å². The smallest absolute Gasteiger partial charge is 0.870 e. The molecule has 2 aliphatic rings. The van der Waals surface area contributed by atoms with Gasteiger partial charge in [-0.2, -0.15) is 5.10 Å². The largest absolute Gasteiger partial charge is 1.00 e. The minimum atomic E-state index is -1.02. The molecule has 1 saturated heterocycles. The maximum atomic E-state index is 12.0. The van der Waals surface area contributed by atoms with Gasteiger partial charge in [0.05, 0.1) is 30.8 Å². The van der Waals surface area contributed by atoms with E-state index < -0.39 is 5.97 Å². The summed E-state index contributed by atoms with van der Waals surface area (Å²) >= 11 is 0. The van der Waals surface area contributed by atoms with Gasteiger partial charge in [-0.25, -0.2) is 4.79 Å². The summed E-state index contributed by atoms with van der Waals surface area (Å²) in [5.41, 5.74) is 0.634. The Balaban J connectivity index is 0.00000150. The van der Waals surface area contributed by atoms with Crippen LogP contribution in [-0.2, 0) is 9.53 Å². The average molecular weight is 397 g/mol. The number of carboxylic acids is 1. The third-order valence-corrected chi connectivity index (χ3v) is 6.02. The second-order valence-corrected chi connectivity index (χ2v) is 7.43. The summed E-state index contributed by atoms with van der Waals surface area (Å²) < 4.78 is 12.6. The van der Waals surface area contributed by atoms with Crippen LogP contribution in [0.5, 0.6) is 5.75 Å². The van der Waals surface area contributed by atoms with Crippen molar-refractivity contribution in [3.63, 3.8) is 0 Å². The van der Waals surface area contributed by atoms with Crippen molar-refractivity contribution in [2.45, 2.75) is 37.3 Å². The first-order valence-electron chi connectivity index (χ1n) is 9.08. The Hall–Kier alpha value is -2.05. The molecule has 0 bridgehead atoms. The van der Waals surface area contributed by atoms with Gasteiger partial charge in [-0.15, -0.1) is 0 Å². The number of morpholine rings is 1. The summed E-state index contributed by atoms with van der Waals surface area (Å²) in [6, 6.07) is 3.49. The molecule has 1 aromatic heterocycles. The Kier molecular flexibility index (Phi) is 7.01. The monoisotopic (exact) mass is 397 g/mol. The summed E-state index contributed by atoms with van der Waals surface area (Å²) in [6.45, 7) is 0.752. The molecule has 29 heavy (non-hydrogen) atoms. The van der Waals surface area contributed by atoms with Gasteiger partial charge in [0.1, 0.15) is 17.9 Å². The van der Waals surface area contributed by atoms with Gasteiger partial charge < -0.3 is 25.0 Å². The number of likely N-dealkylation sites (N-methyl/N-ethyl adjacent to an activating group) is 1. The predicted molar refractivity (Wildman–Crippen MR) is 99.0 cm³/mol. The molecule has 1 amide bonds. The summed E-state index contributed by atoms with van der Waals surface area (Å²) in [5.74, 6) is -0.675. The Morgan fingerprint density at radius 1 is 1.34 bits per heavy atom. The van der Waals surface area contributed by atoms with Crippen molar-refractivity contribution < 1.29 is 48.5 Å². The SMILES string of the molecule is COc1cc2nn(C3CCC4(CC3)COCC(=O)N4C)cc2cc1C(=O)O.[Li+].[OH-]. The summed E-state index contributed by atoms with van der Waals surface area (Å²) in [7, 11) is 3.32. The number of fused-ring (bicyclic) bond motifs is 1. The molecule has 2 aromatic rings. The van der Waals surface area contributed by atoms with Gasteiger partial charge in [-0.1, -0.05) is 0 Å². The minimum absolute atomic E-state index is 0. The molecule has 0 atom stereocenters. The van der Waals surface area contributed by atoms with E-state index in [1.54, 1.807) is 12.1 Å². The number of aromatic carboxylic acids is 1. The van der Waals surface area contributed by atoms with E-state index in [2.05, 4.69) is 5.10 Å². The molecule has 152 valence electrons. The average Bonchev–Trinajstić information content (AvgIpc) is 3.08. The zero-order chi connectivity index (χ0) is 19.2. The fourth-order valence-corrected chi connectivity index (χ4v) is 4.27. The zero-order valence-corrected chi connectivity index (χ0v) is 16.9. The number of amides is 1. The fourth-order valence-electron chi connectivity index (χ4n) is 4.27. The molecule has 1 spiro atoms. The van der Waals surface area contributed by atoms with Gasteiger partial charge in [0.2, 0.25) is 5.91 Å². The molecule has 2 fully saturated rings. The quantitative estimate of drug-likeness (QED) is 0.653. The van der Waals surface area contributed by atoms with E-state index in [4.69, 9.17) is 9.47 Å². The molecule has 1 aromatic carbocycles. The minimum Gasteiger partial charge on any atom is -0.870 e. The van der Waals surface area contributed by atoms with Crippen LogP contribution in [0, 0.1) is 0 Å². The zero-order valence-electron chi connectivity index (χ0n) is 16.9. The summed E-state index contributed by atoms with van der Waals surface area (Å²) in [4.78, 5) is 25.3. The number of carbonyl (C=O) groups excluding carboxylic acids is 1. The van der Waals surface area contributed by atoms with Crippen molar-refractivity contribution in [1.29, 1.82) is 0 Å². The molecule has 1 saturated carbocycles. The second kappa shape index (κ2) is 8.76. The van der Waals surface area contributed by atoms with Crippen LogP contribution < -0.4 is 23.6 Å². The molecule has 0 unspecified atom stereocenters. The molecule has 1 aliphatic heterocycles. The second-order valence-electron chi connectivity index (χ2n) is 7.43. The van der Waals surface area contributed by atoms with Crippen molar-refractivity contribution in [2.24, 2.45) is 0 Å². The van der Waals surface area contributed by atoms with Crippen molar-refractivity contribution in [3.8, 4) is 5.75 Å². The summed E-state index contributed by atoms with van der Waals surface area (Å²) in [5, 5.41) is 14.8. The van der Waals surface area contributed by atoms with E-state index in [0.717, 1.165) is 31.1 Å². The molecule has 4 rings (SSSR count). The fraction of sp³-hybridized carbons (Fsp3) is 0.526. The third-order valence-electron chi connectivity index (χ3n) is 6.02. The van der Waals surface area contributed by atoms with E-state index in [1.807, 2.05) is 22.8 Å². The van der Waals surface area contributed by atoms with Crippen molar-refractivity contribution in [3.05, 3.63) is 23.9 Å². The number of carbonyl (C=O) groups is 2. The summed E-state index contributed by atoms with van der Waals surface area (Å²) in [6.07, 6.45) is 5.39. The van der Waals surface area contributed by atoms with E-state index in [1.165, 1.54) is 7.11 Å². The molecular weight excluding hydrogens is 373 g/mol. The maximum absolute atomic E-state index is 12.0. The first-order valence-corrected chi connectivity index (χ1v) is 9.08. The van der Waals surface area contributed by atoms with E-state index >= 15 is 0 Å². The van der Waals surface area contributed by atoms with Crippen LogP contribution in [0.2, 0.25) is 0 Å². The molecule has 9 nitrogen and oxygen atoms in total.